The molecule has 0 spiro atoms. The van der Waals surface area contributed by atoms with Crippen molar-refractivity contribution in [2.24, 2.45) is 0 Å². The summed E-state index contributed by atoms with van der Waals surface area (Å²) in [6, 6.07) is 12.3. The first kappa shape index (κ1) is 19.2. The number of nitrogens with one attached hydrogen (secondary N) is 4. The summed E-state index contributed by atoms with van der Waals surface area (Å²) >= 11 is 0. The number of fused-ring (bicyclic) bond motifs is 2. The molecular formula is C25H22N8. The molecule has 0 aliphatic carbocycles. The number of aromatic nitrogens is 8. The van der Waals surface area contributed by atoms with Crippen molar-refractivity contribution >= 4 is 22.1 Å². The molecule has 162 valence electrons. The topological polar surface area (TPSA) is 115 Å². The van der Waals surface area contributed by atoms with Crippen LogP contribution in [0.2, 0.25) is 0 Å². The fourth-order valence-corrected chi connectivity index (χ4v) is 4.15. The molecule has 6 rings (SSSR count). The first-order chi connectivity index (χ1) is 16.3. The first-order valence-electron chi connectivity index (χ1n) is 10.9. The van der Waals surface area contributed by atoms with Crippen molar-refractivity contribution < 1.29 is 0 Å². The van der Waals surface area contributed by atoms with Crippen LogP contribution in [0.5, 0.6) is 0 Å². The van der Waals surface area contributed by atoms with Gasteiger partial charge in [0.15, 0.2) is 0 Å². The highest BCUT2D eigenvalue weighted by Crippen LogP contribution is 2.30. The highest BCUT2D eigenvalue weighted by atomic mass is 15.0. The molecule has 4 heterocycles. The fraction of sp³-hybridized carbons (Fsp3) is 0.120. The lowest BCUT2D eigenvalue weighted by molar-refractivity contribution is 0.729. The highest BCUT2D eigenvalue weighted by molar-refractivity contribution is 5.82. The summed E-state index contributed by atoms with van der Waals surface area (Å²) in [6.45, 7) is 2.03. The molecule has 8 heteroatoms. The average Bonchev–Trinajstić information content (AvgIpc) is 3.64. The summed E-state index contributed by atoms with van der Waals surface area (Å²) in [7, 11) is 0. The van der Waals surface area contributed by atoms with Crippen LogP contribution in [0, 0.1) is 0 Å². The maximum absolute atomic E-state index is 4.90. The molecule has 0 bridgehead atoms. The number of hydrogen-bond acceptors (Lipinski definition) is 4. The van der Waals surface area contributed by atoms with E-state index in [4.69, 9.17) is 9.97 Å². The van der Waals surface area contributed by atoms with Crippen molar-refractivity contribution in [1.29, 1.82) is 0 Å². The van der Waals surface area contributed by atoms with Crippen LogP contribution >= 0.6 is 0 Å². The number of hydrogen-bond donors (Lipinski definition) is 4. The maximum Gasteiger partial charge on any atom is 0.137 e. The van der Waals surface area contributed by atoms with Gasteiger partial charge in [-0.15, -0.1) is 0 Å². The van der Waals surface area contributed by atoms with Crippen LogP contribution in [0.15, 0.2) is 73.3 Å². The fourth-order valence-electron chi connectivity index (χ4n) is 4.15. The number of benzene rings is 2. The van der Waals surface area contributed by atoms with E-state index in [-0.39, 0.29) is 5.92 Å². The normalized spacial score (nSPS) is 12.1. The zero-order valence-electron chi connectivity index (χ0n) is 18.0. The standard InChI is InChI=1S/C25H22N8/c1-2-3-4-17(24-30-18-7-5-15(13-20(18)32-24)22-26-9-10-27-22)25-31-19-8-6-16(14-21(19)33-25)23-28-11-12-29-23/h2-3,5-14,17H,4H2,1H3,(H,26,27)(H,28,29)(H,30,32)(H,31,33). The second-order valence-electron chi connectivity index (χ2n) is 7.94. The van der Waals surface area contributed by atoms with Crippen LogP contribution in [0.4, 0.5) is 0 Å². The Morgan fingerprint density at radius 3 is 1.79 bits per heavy atom. The summed E-state index contributed by atoms with van der Waals surface area (Å²) in [6.07, 6.45) is 12.1. The van der Waals surface area contributed by atoms with Gasteiger partial charge >= 0.3 is 0 Å². The Labute approximate surface area is 189 Å². The molecule has 4 N–H and O–H groups in total. The lowest BCUT2D eigenvalue weighted by Gasteiger charge is -2.09. The largest absolute Gasteiger partial charge is 0.345 e. The van der Waals surface area contributed by atoms with Gasteiger partial charge in [0.1, 0.15) is 23.3 Å². The van der Waals surface area contributed by atoms with E-state index in [0.29, 0.717) is 0 Å². The van der Waals surface area contributed by atoms with Crippen LogP contribution in [0.3, 0.4) is 0 Å². The number of aromatic amines is 4. The minimum atomic E-state index is -0.0277. The molecule has 0 radical (unpaired) electrons. The second-order valence-corrected chi connectivity index (χ2v) is 7.94. The number of rotatable bonds is 6. The quantitative estimate of drug-likeness (QED) is 0.266. The lowest BCUT2D eigenvalue weighted by Crippen LogP contribution is -2.04. The SMILES string of the molecule is CC=CCC(c1nc2ccc(-c3ncc[nH]3)cc2[nH]1)c1nc2ccc(-c3ncc[nH]3)cc2[nH]1. The molecule has 6 aromatic rings. The third-order valence-corrected chi connectivity index (χ3v) is 5.81. The van der Waals surface area contributed by atoms with Crippen LogP contribution in [0.25, 0.3) is 44.8 Å². The van der Waals surface area contributed by atoms with Gasteiger partial charge < -0.3 is 19.9 Å². The Morgan fingerprint density at radius 2 is 1.33 bits per heavy atom. The maximum atomic E-state index is 4.90. The molecule has 0 unspecified atom stereocenters. The van der Waals surface area contributed by atoms with E-state index in [9.17, 15) is 0 Å². The molecule has 0 saturated carbocycles. The van der Waals surface area contributed by atoms with Crippen LogP contribution in [0.1, 0.15) is 30.9 Å². The molecule has 33 heavy (non-hydrogen) atoms. The predicted octanol–water partition coefficient (Wildman–Crippen LogP) is 5.32. The van der Waals surface area contributed by atoms with Crippen molar-refractivity contribution in [2.75, 3.05) is 0 Å². The van der Waals surface area contributed by atoms with Gasteiger partial charge in [-0.2, -0.15) is 0 Å². The molecule has 0 aliphatic rings. The third kappa shape index (κ3) is 3.51. The molecule has 4 aromatic heterocycles. The van der Waals surface area contributed by atoms with Gasteiger partial charge in [0.2, 0.25) is 0 Å². The Morgan fingerprint density at radius 1 is 0.788 bits per heavy atom. The van der Waals surface area contributed by atoms with Crippen molar-refractivity contribution in [3.8, 4) is 22.8 Å². The van der Waals surface area contributed by atoms with Gasteiger partial charge in [-0.3, -0.25) is 0 Å². The molecule has 0 amide bonds. The van der Waals surface area contributed by atoms with E-state index >= 15 is 0 Å². The van der Waals surface area contributed by atoms with Gasteiger partial charge in [0.05, 0.1) is 28.0 Å². The molecule has 0 saturated heterocycles. The van der Waals surface area contributed by atoms with E-state index in [1.165, 1.54) is 0 Å². The summed E-state index contributed by atoms with van der Waals surface area (Å²) in [4.78, 5) is 31.9. The van der Waals surface area contributed by atoms with E-state index < -0.39 is 0 Å². The molecule has 0 aliphatic heterocycles. The zero-order valence-corrected chi connectivity index (χ0v) is 18.0. The Kier molecular flexibility index (Phi) is 4.61. The summed E-state index contributed by atoms with van der Waals surface area (Å²) in [5.74, 6) is 3.40. The molecule has 2 aromatic carbocycles. The minimum Gasteiger partial charge on any atom is -0.345 e. The molecular weight excluding hydrogens is 412 g/mol. The van der Waals surface area contributed by atoms with Gasteiger partial charge in [-0.05, 0) is 49.7 Å². The van der Waals surface area contributed by atoms with Gasteiger partial charge in [-0.1, -0.05) is 12.2 Å². The smallest absolute Gasteiger partial charge is 0.137 e. The highest BCUT2D eigenvalue weighted by Gasteiger charge is 2.21. The summed E-state index contributed by atoms with van der Waals surface area (Å²) in [5.41, 5.74) is 5.81. The van der Waals surface area contributed by atoms with Crippen molar-refractivity contribution in [3.05, 3.63) is 85.0 Å². The lowest BCUT2D eigenvalue weighted by atomic mass is 10.0. The van der Waals surface area contributed by atoms with Gasteiger partial charge in [-0.25, -0.2) is 19.9 Å². The monoisotopic (exact) mass is 434 g/mol. The third-order valence-electron chi connectivity index (χ3n) is 5.81. The number of nitrogens with zero attached hydrogens (tertiary/aromatic N) is 4. The first-order valence-corrected chi connectivity index (χ1v) is 10.9. The van der Waals surface area contributed by atoms with Crippen molar-refractivity contribution in [1.82, 2.24) is 39.9 Å². The summed E-state index contributed by atoms with van der Waals surface area (Å²) in [5, 5.41) is 0. The van der Waals surface area contributed by atoms with Gasteiger partial charge in [0, 0.05) is 35.9 Å². The zero-order chi connectivity index (χ0) is 22.2. The Hall–Kier alpha value is -4.46. The van der Waals surface area contributed by atoms with E-state index in [2.05, 4.69) is 54.2 Å². The van der Waals surface area contributed by atoms with Gasteiger partial charge in [0.25, 0.3) is 0 Å². The van der Waals surface area contributed by atoms with Crippen LogP contribution < -0.4 is 0 Å². The number of imidazole rings is 4. The van der Waals surface area contributed by atoms with E-state index in [1.54, 1.807) is 12.4 Å². The Bertz CT molecular complexity index is 1440. The van der Waals surface area contributed by atoms with E-state index in [1.807, 2.05) is 43.6 Å². The predicted molar refractivity (Wildman–Crippen MR) is 129 cm³/mol. The van der Waals surface area contributed by atoms with Crippen molar-refractivity contribution in [3.63, 3.8) is 0 Å². The van der Waals surface area contributed by atoms with Crippen LogP contribution in [-0.2, 0) is 0 Å². The second kappa shape index (κ2) is 7.90. The molecule has 8 nitrogen and oxygen atoms in total. The Balaban J connectivity index is 1.41. The number of H-pyrrole nitrogens is 4. The average molecular weight is 435 g/mol. The van der Waals surface area contributed by atoms with Crippen molar-refractivity contribution in [2.45, 2.75) is 19.3 Å². The molecule has 0 fully saturated rings. The molecule has 0 atom stereocenters. The van der Waals surface area contributed by atoms with Crippen LogP contribution in [-0.4, -0.2) is 39.9 Å². The minimum absolute atomic E-state index is 0.0277. The van der Waals surface area contributed by atoms with E-state index in [0.717, 1.165) is 62.9 Å². The summed E-state index contributed by atoms with van der Waals surface area (Å²) < 4.78 is 0. The number of allylic oxidation sites excluding steroid dienone is 2.